The number of rotatable bonds is 2. The molecule has 2 N–H and O–H groups in total. The third-order valence-corrected chi connectivity index (χ3v) is 4.46. The molecule has 1 aromatic carbocycles. The third kappa shape index (κ3) is 3.15. The molecular formula is C15H21F3N2. The van der Waals surface area contributed by atoms with Gasteiger partial charge in [-0.05, 0) is 30.9 Å². The molecule has 2 nitrogen and oxygen atoms in total. The van der Waals surface area contributed by atoms with Crippen LogP contribution >= 0.6 is 0 Å². The van der Waals surface area contributed by atoms with Crippen molar-refractivity contribution in [2.24, 2.45) is 11.7 Å². The fourth-order valence-electron chi connectivity index (χ4n) is 2.85. The molecule has 2 rings (SSSR count). The van der Waals surface area contributed by atoms with Gasteiger partial charge in [-0.15, -0.1) is 0 Å². The van der Waals surface area contributed by atoms with Crippen LogP contribution in [-0.4, -0.2) is 23.5 Å². The van der Waals surface area contributed by atoms with Crippen LogP contribution in [-0.2, 0) is 12.7 Å². The SMILES string of the molecule is CC1C(N)CCN(Cc2ccccc2C(F)(F)F)C1C. The molecule has 1 fully saturated rings. The normalized spacial score (nSPS) is 28.6. The number of nitrogens with two attached hydrogens (primary N) is 1. The molecule has 20 heavy (non-hydrogen) atoms. The van der Waals surface area contributed by atoms with Crippen LogP contribution in [0.2, 0.25) is 0 Å². The Balaban J connectivity index is 2.19. The van der Waals surface area contributed by atoms with E-state index in [9.17, 15) is 13.2 Å². The van der Waals surface area contributed by atoms with Gasteiger partial charge in [-0.3, -0.25) is 4.90 Å². The summed E-state index contributed by atoms with van der Waals surface area (Å²) >= 11 is 0. The number of nitrogens with zero attached hydrogens (tertiary/aromatic N) is 1. The summed E-state index contributed by atoms with van der Waals surface area (Å²) in [4.78, 5) is 2.10. The molecule has 0 spiro atoms. The van der Waals surface area contributed by atoms with E-state index in [1.165, 1.54) is 6.07 Å². The second-order valence-electron chi connectivity index (χ2n) is 5.68. The number of benzene rings is 1. The van der Waals surface area contributed by atoms with Crippen molar-refractivity contribution in [2.45, 2.75) is 45.1 Å². The average molecular weight is 286 g/mol. The van der Waals surface area contributed by atoms with Crippen molar-refractivity contribution in [3.8, 4) is 0 Å². The van der Waals surface area contributed by atoms with Crippen molar-refractivity contribution in [1.82, 2.24) is 4.90 Å². The third-order valence-electron chi connectivity index (χ3n) is 4.46. The quantitative estimate of drug-likeness (QED) is 0.904. The van der Waals surface area contributed by atoms with Crippen molar-refractivity contribution in [2.75, 3.05) is 6.54 Å². The first-order chi connectivity index (χ1) is 9.30. The second kappa shape index (κ2) is 5.74. The highest BCUT2D eigenvalue weighted by molar-refractivity contribution is 5.29. The van der Waals surface area contributed by atoms with Gasteiger partial charge in [0.2, 0.25) is 0 Å². The van der Waals surface area contributed by atoms with Gasteiger partial charge in [0.05, 0.1) is 5.56 Å². The summed E-state index contributed by atoms with van der Waals surface area (Å²) in [5.74, 6) is 0.293. The first-order valence-electron chi connectivity index (χ1n) is 6.95. The molecule has 0 aliphatic carbocycles. The molecule has 0 saturated carbocycles. The van der Waals surface area contributed by atoms with E-state index in [4.69, 9.17) is 5.73 Å². The van der Waals surface area contributed by atoms with Crippen LogP contribution in [0.15, 0.2) is 24.3 Å². The van der Waals surface area contributed by atoms with E-state index < -0.39 is 11.7 Å². The van der Waals surface area contributed by atoms with Crippen LogP contribution in [0.5, 0.6) is 0 Å². The van der Waals surface area contributed by atoms with Crippen molar-refractivity contribution in [3.05, 3.63) is 35.4 Å². The number of alkyl halides is 3. The smallest absolute Gasteiger partial charge is 0.327 e. The van der Waals surface area contributed by atoms with E-state index >= 15 is 0 Å². The highest BCUT2D eigenvalue weighted by atomic mass is 19.4. The van der Waals surface area contributed by atoms with Crippen LogP contribution in [0.1, 0.15) is 31.4 Å². The first-order valence-corrected chi connectivity index (χ1v) is 6.95. The van der Waals surface area contributed by atoms with Gasteiger partial charge in [0, 0.05) is 25.2 Å². The van der Waals surface area contributed by atoms with Crippen molar-refractivity contribution < 1.29 is 13.2 Å². The monoisotopic (exact) mass is 286 g/mol. The van der Waals surface area contributed by atoms with Gasteiger partial charge in [0.25, 0.3) is 0 Å². The van der Waals surface area contributed by atoms with E-state index in [1.807, 2.05) is 6.92 Å². The number of halogens is 3. The lowest BCUT2D eigenvalue weighted by molar-refractivity contribution is -0.138. The largest absolute Gasteiger partial charge is 0.416 e. The Morgan fingerprint density at radius 3 is 2.55 bits per heavy atom. The van der Waals surface area contributed by atoms with Crippen LogP contribution in [0.3, 0.4) is 0 Å². The maximum absolute atomic E-state index is 13.0. The fraction of sp³-hybridized carbons (Fsp3) is 0.600. The molecule has 5 heteroatoms. The molecule has 1 heterocycles. The first kappa shape index (κ1) is 15.3. The molecule has 1 saturated heterocycles. The molecule has 0 radical (unpaired) electrons. The lowest BCUT2D eigenvalue weighted by atomic mass is 9.87. The van der Waals surface area contributed by atoms with E-state index in [0.29, 0.717) is 18.0 Å². The van der Waals surface area contributed by atoms with Gasteiger partial charge in [-0.2, -0.15) is 13.2 Å². The Kier molecular flexibility index (Phi) is 4.39. The van der Waals surface area contributed by atoms with Crippen molar-refractivity contribution in [1.29, 1.82) is 0 Å². The highest BCUT2D eigenvalue weighted by Gasteiger charge is 2.35. The molecule has 3 atom stereocenters. The lowest BCUT2D eigenvalue weighted by Gasteiger charge is -2.41. The van der Waals surface area contributed by atoms with Crippen LogP contribution < -0.4 is 5.73 Å². The summed E-state index contributed by atoms with van der Waals surface area (Å²) in [6.07, 6.45) is -3.46. The van der Waals surface area contributed by atoms with Crippen LogP contribution in [0, 0.1) is 5.92 Å². The van der Waals surface area contributed by atoms with Crippen LogP contribution in [0.4, 0.5) is 13.2 Å². The summed E-state index contributed by atoms with van der Waals surface area (Å²) in [7, 11) is 0. The number of piperidine rings is 1. The van der Waals surface area contributed by atoms with E-state index in [2.05, 4.69) is 11.8 Å². The summed E-state index contributed by atoms with van der Waals surface area (Å²) < 4.78 is 39.0. The van der Waals surface area contributed by atoms with E-state index in [1.54, 1.807) is 12.1 Å². The molecule has 0 aromatic heterocycles. The maximum Gasteiger partial charge on any atom is 0.416 e. The zero-order valence-corrected chi connectivity index (χ0v) is 11.8. The molecule has 1 aliphatic rings. The Labute approximate surface area is 117 Å². The van der Waals surface area contributed by atoms with Crippen molar-refractivity contribution in [3.63, 3.8) is 0 Å². The second-order valence-corrected chi connectivity index (χ2v) is 5.68. The molecule has 1 aromatic rings. The minimum atomic E-state index is -4.29. The topological polar surface area (TPSA) is 29.3 Å². The maximum atomic E-state index is 13.0. The predicted molar refractivity (Wildman–Crippen MR) is 73.1 cm³/mol. The summed E-state index contributed by atoms with van der Waals surface area (Å²) in [6, 6.07) is 6.14. The molecule has 0 bridgehead atoms. The summed E-state index contributed by atoms with van der Waals surface area (Å²) in [5, 5.41) is 0. The standard InChI is InChI=1S/C15H21F3N2/c1-10-11(2)20(8-7-14(10)19)9-12-5-3-4-6-13(12)15(16,17)18/h3-6,10-11,14H,7-9,19H2,1-2H3. The molecular weight excluding hydrogens is 265 g/mol. The van der Waals surface area contributed by atoms with Gasteiger partial charge >= 0.3 is 6.18 Å². The van der Waals surface area contributed by atoms with Gasteiger partial charge in [-0.1, -0.05) is 25.1 Å². The lowest BCUT2D eigenvalue weighted by Crippen LogP contribution is -2.51. The molecule has 1 aliphatic heterocycles. The molecule has 3 unspecified atom stereocenters. The summed E-state index contributed by atoms with van der Waals surface area (Å²) in [6.45, 7) is 5.18. The number of hydrogen-bond acceptors (Lipinski definition) is 2. The van der Waals surface area contributed by atoms with Gasteiger partial charge in [0.15, 0.2) is 0 Å². The number of likely N-dealkylation sites (tertiary alicyclic amines) is 1. The van der Waals surface area contributed by atoms with Gasteiger partial charge < -0.3 is 5.73 Å². The number of hydrogen-bond donors (Lipinski definition) is 1. The van der Waals surface area contributed by atoms with Gasteiger partial charge in [-0.25, -0.2) is 0 Å². The van der Waals surface area contributed by atoms with E-state index in [-0.39, 0.29) is 12.1 Å². The molecule has 112 valence electrons. The predicted octanol–water partition coefficient (Wildman–Crippen LogP) is 3.26. The fourth-order valence-corrected chi connectivity index (χ4v) is 2.85. The molecule has 0 amide bonds. The highest BCUT2D eigenvalue weighted by Crippen LogP contribution is 2.33. The Bertz CT molecular complexity index is 459. The minimum absolute atomic E-state index is 0.138. The van der Waals surface area contributed by atoms with Crippen LogP contribution in [0.25, 0.3) is 0 Å². The van der Waals surface area contributed by atoms with E-state index in [0.717, 1.165) is 19.0 Å². The summed E-state index contributed by atoms with van der Waals surface area (Å²) in [5.41, 5.74) is 5.83. The Hall–Kier alpha value is -1.07. The average Bonchev–Trinajstić information content (AvgIpc) is 2.39. The zero-order valence-electron chi connectivity index (χ0n) is 11.8. The minimum Gasteiger partial charge on any atom is -0.327 e. The van der Waals surface area contributed by atoms with Gasteiger partial charge in [0.1, 0.15) is 0 Å². The van der Waals surface area contributed by atoms with Crippen molar-refractivity contribution >= 4 is 0 Å². The Morgan fingerprint density at radius 2 is 1.90 bits per heavy atom. The Morgan fingerprint density at radius 1 is 1.25 bits per heavy atom. The zero-order chi connectivity index (χ0) is 14.9.